The van der Waals surface area contributed by atoms with Gasteiger partial charge in [0.25, 0.3) is 5.88 Å². The Hall–Kier alpha value is -3.53. The molecule has 0 amide bonds. The maximum atomic E-state index is 14.4. The van der Waals surface area contributed by atoms with Crippen molar-refractivity contribution in [2.45, 2.75) is 71.1 Å². The summed E-state index contributed by atoms with van der Waals surface area (Å²) in [4.78, 5) is 8.68. The summed E-state index contributed by atoms with van der Waals surface area (Å²) >= 11 is 0. The fraction of sp³-hybridized carbons (Fsp3) is 0.481. The molecule has 9 nitrogen and oxygen atoms in total. The average molecular weight is 508 g/mol. The number of nitrogens with zero attached hydrogens (tertiary/aromatic N) is 6. The quantitative estimate of drug-likeness (QED) is 0.351. The number of hydrogen-bond donors (Lipinski definition) is 2. The number of pyridine rings is 2. The van der Waals surface area contributed by atoms with Crippen LogP contribution in [0.5, 0.6) is 5.88 Å². The number of anilines is 1. The average Bonchev–Trinajstić information content (AvgIpc) is 3.53. The minimum atomic E-state index is -0.517. The largest absolute Gasteiger partial charge is 0.472 e. The van der Waals surface area contributed by atoms with Crippen LogP contribution in [0.2, 0.25) is 0 Å². The van der Waals surface area contributed by atoms with Gasteiger partial charge in [0.05, 0.1) is 29.9 Å². The predicted octanol–water partition coefficient (Wildman–Crippen LogP) is 4.86. The molecule has 10 heteroatoms. The Morgan fingerprint density at radius 1 is 1.19 bits per heavy atom. The topological polar surface area (TPSA) is 103 Å². The molecular weight excluding hydrogens is 473 g/mol. The smallest absolute Gasteiger partial charge is 0.250 e. The van der Waals surface area contributed by atoms with Crippen LogP contribution in [0.15, 0.2) is 36.9 Å². The molecule has 0 unspecified atom stereocenters. The molecule has 0 aliphatic heterocycles. The molecule has 2 N–H and O–H groups in total. The number of rotatable bonds is 8. The van der Waals surface area contributed by atoms with Crippen molar-refractivity contribution in [1.82, 2.24) is 29.5 Å². The lowest BCUT2D eigenvalue weighted by atomic mass is 9.93. The third-order valence-electron chi connectivity index (χ3n) is 7.13. The van der Waals surface area contributed by atoms with E-state index in [1.165, 1.54) is 0 Å². The van der Waals surface area contributed by atoms with Gasteiger partial charge in [-0.1, -0.05) is 0 Å². The third-order valence-corrected chi connectivity index (χ3v) is 7.13. The normalized spacial score (nSPS) is 18.3. The maximum absolute atomic E-state index is 14.4. The van der Waals surface area contributed by atoms with Gasteiger partial charge in [-0.05, 0) is 65.0 Å². The molecule has 0 bridgehead atoms. The molecule has 0 spiro atoms. The van der Waals surface area contributed by atoms with Gasteiger partial charge in [-0.3, -0.25) is 9.36 Å². The lowest BCUT2D eigenvalue weighted by Crippen LogP contribution is -2.30. The van der Waals surface area contributed by atoms with E-state index in [0.717, 1.165) is 60.2 Å². The zero-order valence-electron chi connectivity index (χ0n) is 21.8. The summed E-state index contributed by atoms with van der Waals surface area (Å²) in [7, 11) is 0. The van der Waals surface area contributed by atoms with Crippen molar-refractivity contribution in [3.05, 3.63) is 48.3 Å². The summed E-state index contributed by atoms with van der Waals surface area (Å²) in [6, 6.07) is 3.86. The molecule has 0 aromatic carbocycles. The molecule has 37 heavy (non-hydrogen) atoms. The summed E-state index contributed by atoms with van der Waals surface area (Å²) in [6.45, 7) is 8.37. The molecule has 4 heterocycles. The van der Waals surface area contributed by atoms with Crippen LogP contribution in [0.25, 0.3) is 22.2 Å². The number of hydrogen-bond acceptors (Lipinski definition) is 7. The number of ether oxygens (including phenoxy) is 1. The van der Waals surface area contributed by atoms with Gasteiger partial charge in [0.1, 0.15) is 17.6 Å². The Kier molecular flexibility index (Phi) is 6.85. The molecule has 4 aromatic rings. The standard InChI is InChI=1S/C27H34FN7O2/c1-5-29-23-12-22-21(14-31-23)25(18-13-32-34(15-18)27(3,4)16-36)33-35(22)19-6-8-20(9-7-19)37-26-24(28)17(2)10-11-30-26/h10-15,19-20,36H,5-9,16H2,1-4H3,(H,29,31). The second-order valence-electron chi connectivity index (χ2n) is 10.3. The van der Waals surface area contributed by atoms with Gasteiger partial charge in [-0.2, -0.15) is 10.2 Å². The minimum Gasteiger partial charge on any atom is -0.472 e. The highest BCUT2D eigenvalue weighted by Gasteiger charge is 2.28. The van der Waals surface area contributed by atoms with Gasteiger partial charge in [0, 0.05) is 42.2 Å². The number of halogens is 1. The summed E-state index contributed by atoms with van der Waals surface area (Å²) in [5, 5.41) is 23.6. The van der Waals surface area contributed by atoms with Crippen molar-refractivity contribution in [1.29, 1.82) is 0 Å². The fourth-order valence-corrected chi connectivity index (χ4v) is 4.81. The van der Waals surface area contributed by atoms with Gasteiger partial charge in [-0.15, -0.1) is 0 Å². The Bertz CT molecular complexity index is 1390. The molecule has 1 fully saturated rings. The number of nitrogens with one attached hydrogen (secondary N) is 1. The van der Waals surface area contributed by atoms with Crippen molar-refractivity contribution in [2.75, 3.05) is 18.5 Å². The van der Waals surface area contributed by atoms with Crippen molar-refractivity contribution in [2.24, 2.45) is 0 Å². The van der Waals surface area contributed by atoms with Crippen molar-refractivity contribution >= 4 is 16.7 Å². The minimum absolute atomic E-state index is 0.0236. The number of aliphatic hydroxyl groups excluding tert-OH is 1. The summed E-state index contributed by atoms with van der Waals surface area (Å²) in [6.07, 6.45) is 10.3. The van der Waals surface area contributed by atoms with Crippen LogP contribution in [0.4, 0.5) is 10.2 Å². The number of aryl methyl sites for hydroxylation is 1. The van der Waals surface area contributed by atoms with Crippen molar-refractivity contribution in [3.63, 3.8) is 0 Å². The number of aliphatic hydroxyl groups is 1. The highest BCUT2D eigenvalue weighted by Crippen LogP contribution is 2.37. The SMILES string of the molecule is CCNc1cc2c(cn1)c(-c1cnn(C(C)(C)CO)c1)nn2C1CCC(Oc2nccc(C)c2F)CC1. The summed E-state index contributed by atoms with van der Waals surface area (Å²) in [5.74, 6) is 0.498. The van der Waals surface area contributed by atoms with E-state index >= 15 is 0 Å². The summed E-state index contributed by atoms with van der Waals surface area (Å²) < 4.78 is 24.2. The van der Waals surface area contributed by atoms with E-state index in [1.54, 1.807) is 30.1 Å². The van der Waals surface area contributed by atoms with E-state index in [4.69, 9.17) is 9.84 Å². The molecule has 0 saturated heterocycles. The maximum Gasteiger partial charge on any atom is 0.250 e. The fourth-order valence-electron chi connectivity index (χ4n) is 4.81. The molecule has 196 valence electrons. The molecule has 5 rings (SSSR count). The zero-order valence-corrected chi connectivity index (χ0v) is 21.8. The Labute approximate surface area is 215 Å². The zero-order chi connectivity index (χ0) is 26.2. The lowest BCUT2D eigenvalue weighted by molar-refractivity contribution is 0.120. The molecule has 1 aliphatic rings. The van der Waals surface area contributed by atoms with Crippen molar-refractivity contribution < 1.29 is 14.2 Å². The van der Waals surface area contributed by atoms with Gasteiger partial charge < -0.3 is 15.2 Å². The van der Waals surface area contributed by atoms with E-state index in [9.17, 15) is 9.50 Å². The Morgan fingerprint density at radius 3 is 2.70 bits per heavy atom. The van der Waals surface area contributed by atoms with Gasteiger partial charge >= 0.3 is 0 Å². The molecule has 0 radical (unpaired) electrons. The number of aromatic nitrogens is 6. The molecular formula is C27H34FN7O2. The Morgan fingerprint density at radius 2 is 1.97 bits per heavy atom. The van der Waals surface area contributed by atoms with Crippen LogP contribution in [-0.2, 0) is 5.54 Å². The van der Waals surface area contributed by atoms with Crippen molar-refractivity contribution in [3.8, 4) is 17.1 Å². The van der Waals surface area contributed by atoms with Crippen LogP contribution >= 0.6 is 0 Å². The van der Waals surface area contributed by atoms with Crippen LogP contribution < -0.4 is 10.1 Å². The van der Waals surface area contributed by atoms with Crippen LogP contribution in [0.1, 0.15) is 58.1 Å². The molecule has 0 atom stereocenters. The monoisotopic (exact) mass is 507 g/mol. The van der Waals surface area contributed by atoms with E-state index in [1.807, 2.05) is 39.2 Å². The second-order valence-corrected chi connectivity index (χ2v) is 10.3. The van der Waals surface area contributed by atoms with Gasteiger partial charge in [-0.25, -0.2) is 14.4 Å². The molecule has 1 aliphatic carbocycles. The van der Waals surface area contributed by atoms with Crippen LogP contribution in [0, 0.1) is 12.7 Å². The first-order valence-electron chi connectivity index (χ1n) is 12.9. The molecule has 4 aromatic heterocycles. The van der Waals surface area contributed by atoms with Gasteiger partial charge in [0.2, 0.25) is 0 Å². The number of fused-ring (bicyclic) bond motifs is 1. The lowest BCUT2D eigenvalue weighted by Gasteiger charge is -2.29. The second kappa shape index (κ2) is 10.1. The van der Waals surface area contributed by atoms with E-state index in [-0.39, 0.29) is 30.4 Å². The third kappa shape index (κ3) is 4.90. The Balaban J connectivity index is 1.43. The predicted molar refractivity (Wildman–Crippen MR) is 140 cm³/mol. The first-order chi connectivity index (χ1) is 17.8. The van der Waals surface area contributed by atoms with Gasteiger partial charge in [0.15, 0.2) is 5.82 Å². The highest BCUT2D eigenvalue weighted by atomic mass is 19.1. The van der Waals surface area contributed by atoms with E-state index < -0.39 is 5.54 Å². The highest BCUT2D eigenvalue weighted by molar-refractivity contribution is 5.93. The summed E-state index contributed by atoms with van der Waals surface area (Å²) in [5.41, 5.74) is 2.71. The van der Waals surface area contributed by atoms with E-state index in [0.29, 0.717) is 5.56 Å². The van der Waals surface area contributed by atoms with Crippen LogP contribution in [0.3, 0.4) is 0 Å². The first kappa shape index (κ1) is 25.1. The first-order valence-corrected chi connectivity index (χ1v) is 12.9. The van der Waals surface area contributed by atoms with E-state index in [2.05, 4.69) is 25.1 Å². The van der Waals surface area contributed by atoms with Crippen LogP contribution in [-0.4, -0.2) is 53.9 Å². The molecule has 1 saturated carbocycles.